The van der Waals surface area contributed by atoms with E-state index in [0.29, 0.717) is 19.6 Å². The normalized spacial score (nSPS) is 27.1. The molecule has 2 atom stereocenters. The average Bonchev–Trinajstić information content (AvgIpc) is 2.45. The Labute approximate surface area is 87.0 Å². The number of hydrogen-bond donors (Lipinski definition) is 2. The lowest BCUT2D eigenvalue weighted by atomic mass is 10.2. The number of aliphatic hydroxyl groups excluding tert-OH is 2. The molecule has 2 unspecified atom stereocenters. The number of β-amino-alcohol motifs (C(OH)–C–C–N with tert-alkyl or cyclic N) is 2. The summed E-state index contributed by atoms with van der Waals surface area (Å²) in [7, 11) is 0. The summed E-state index contributed by atoms with van der Waals surface area (Å²) in [6.45, 7) is 1.33. The topological polar surface area (TPSA) is 56.6 Å². The molecular weight excluding hydrogens is 199 g/mol. The van der Waals surface area contributed by atoms with Gasteiger partial charge in [-0.05, 0) is 11.6 Å². The van der Waals surface area contributed by atoms with Gasteiger partial charge in [-0.25, -0.2) is 4.39 Å². The SMILES string of the molecule is OC1CN(Cc2cncc(F)c2)CC1O. The second-order valence-electron chi connectivity index (χ2n) is 3.84. The van der Waals surface area contributed by atoms with Crippen LogP contribution in [0.15, 0.2) is 18.5 Å². The lowest BCUT2D eigenvalue weighted by Crippen LogP contribution is -2.22. The summed E-state index contributed by atoms with van der Waals surface area (Å²) in [5.74, 6) is -0.368. The van der Waals surface area contributed by atoms with E-state index in [4.69, 9.17) is 0 Å². The van der Waals surface area contributed by atoms with Crippen LogP contribution in [0.2, 0.25) is 0 Å². The first-order valence-corrected chi connectivity index (χ1v) is 4.83. The molecule has 0 saturated carbocycles. The van der Waals surface area contributed by atoms with Gasteiger partial charge in [0.2, 0.25) is 0 Å². The average molecular weight is 212 g/mol. The second kappa shape index (κ2) is 4.22. The fourth-order valence-corrected chi connectivity index (χ4v) is 1.78. The van der Waals surface area contributed by atoms with Crippen molar-refractivity contribution in [2.24, 2.45) is 0 Å². The number of aromatic nitrogens is 1. The molecule has 82 valence electrons. The van der Waals surface area contributed by atoms with Gasteiger partial charge in [0.1, 0.15) is 5.82 Å². The second-order valence-corrected chi connectivity index (χ2v) is 3.84. The van der Waals surface area contributed by atoms with Gasteiger partial charge >= 0.3 is 0 Å². The van der Waals surface area contributed by atoms with Crippen molar-refractivity contribution < 1.29 is 14.6 Å². The number of hydrogen-bond acceptors (Lipinski definition) is 4. The lowest BCUT2D eigenvalue weighted by molar-refractivity contribution is 0.0572. The Bertz CT molecular complexity index is 338. The molecule has 0 amide bonds. The van der Waals surface area contributed by atoms with E-state index in [1.54, 1.807) is 6.20 Å². The van der Waals surface area contributed by atoms with Gasteiger partial charge in [0.15, 0.2) is 0 Å². The highest BCUT2D eigenvalue weighted by Crippen LogP contribution is 2.13. The molecule has 0 bridgehead atoms. The lowest BCUT2D eigenvalue weighted by Gasteiger charge is -2.13. The van der Waals surface area contributed by atoms with Gasteiger partial charge in [0.05, 0.1) is 18.4 Å². The molecule has 4 nitrogen and oxygen atoms in total. The molecule has 15 heavy (non-hydrogen) atoms. The van der Waals surface area contributed by atoms with Crippen molar-refractivity contribution >= 4 is 0 Å². The van der Waals surface area contributed by atoms with Crippen molar-refractivity contribution in [2.45, 2.75) is 18.8 Å². The van der Waals surface area contributed by atoms with Crippen LogP contribution in [0, 0.1) is 5.82 Å². The van der Waals surface area contributed by atoms with Crippen molar-refractivity contribution in [3.8, 4) is 0 Å². The summed E-state index contributed by atoms with van der Waals surface area (Å²) in [6, 6.07) is 1.41. The molecule has 2 rings (SSSR count). The minimum atomic E-state index is -0.702. The van der Waals surface area contributed by atoms with Gasteiger partial charge in [0, 0.05) is 25.8 Å². The predicted molar refractivity (Wildman–Crippen MR) is 51.5 cm³/mol. The third kappa shape index (κ3) is 2.50. The van der Waals surface area contributed by atoms with E-state index in [9.17, 15) is 14.6 Å². The fourth-order valence-electron chi connectivity index (χ4n) is 1.78. The first-order chi connectivity index (χ1) is 7.15. The molecule has 1 aromatic heterocycles. The maximum absolute atomic E-state index is 12.8. The van der Waals surface area contributed by atoms with Crippen LogP contribution in [0.3, 0.4) is 0 Å². The highest BCUT2D eigenvalue weighted by Gasteiger charge is 2.29. The summed E-state index contributed by atoms with van der Waals surface area (Å²) in [5.41, 5.74) is 0.747. The standard InChI is InChI=1S/C10H13FN2O2/c11-8-1-7(2-12-3-8)4-13-5-9(14)10(15)6-13/h1-3,9-10,14-15H,4-6H2. The van der Waals surface area contributed by atoms with E-state index in [1.807, 2.05) is 4.90 Å². The van der Waals surface area contributed by atoms with Crippen LogP contribution in [0.4, 0.5) is 4.39 Å². The highest BCUT2D eigenvalue weighted by molar-refractivity contribution is 5.10. The Kier molecular flexibility index (Phi) is 2.95. The first-order valence-electron chi connectivity index (χ1n) is 4.83. The minimum absolute atomic E-state index is 0.368. The van der Waals surface area contributed by atoms with Gasteiger partial charge < -0.3 is 10.2 Å². The van der Waals surface area contributed by atoms with Gasteiger partial charge in [0.25, 0.3) is 0 Å². The maximum Gasteiger partial charge on any atom is 0.141 e. The third-order valence-corrected chi connectivity index (χ3v) is 2.50. The van der Waals surface area contributed by atoms with Crippen molar-refractivity contribution in [1.82, 2.24) is 9.88 Å². The van der Waals surface area contributed by atoms with E-state index in [0.717, 1.165) is 11.8 Å². The van der Waals surface area contributed by atoms with E-state index in [-0.39, 0.29) is 5.82 Å². The molecular formula is C10H13FN2O2. The number of halogens is 1. The van der Waals surface area contributed by atoms with Crippen LogP contribution >= 0.6 is 0 Å². The van der Waals surface area contributed by atoms with Crippen LogP contribution in [0.25, 0.3) is 0 Å². The van der Waals surface area contributed by atoms with Gasteiger partial charge in [-0.1, -0.05) is 0 Å². The Morgan fingerprint density at radius 2 is 2.00 bits per heavy atom. The van der Waals surface area contributed by atoms with Crippen molar-refractivity contribution in [2.75, 3.05) is 13.1 Å². The molecule has 5 heteroatoms. The van der Waals surface area contributed by atoms with Crippen molar-refractivity contribution in [3.05, 3.63) is 29.8 Å². The number of likely N-dealkylation sites (tertiary alicyclic amines) is 1. The van der Waals surface area contributed by atoms with Gasteiger partial charge in [-0.3, -0.25) is 9.88 Å². The third-order valence-electron chi connectivity index (χ3n) is 2.50. The molecule has 0 radical (unpaired) electrons. The van der Waals surface area contributed by atoms with E-state index < -0.39 is 12.2 Å². The van der Waals surface area contributed by atoms with Gasteiger partial charge in [-0.2, -0.15) is 0 Å². The number of rotatable bonds is 2. The van der Waals surface area contributed by atoms with Crippen molar-refractivity contribution in [3.63, 3.8) is 0 Å². The van der Waals surface area contributed by atoms with Crippen LogP contribution < -0.4 is 0 Å². The Morgan fingerprint density at radius 3 is 2.60 bits per heavy atom. The summed E-state index contributed by atoms with van der Waals surface area (Å²) in [4.78, 5) is 5.60. The van der Waals surface area contributed by atoms with E-state index in [1.165, 1.54) is 6.07 Å². The molecule has 0 aromatic carbocycles. The van der Waals surface area contributed by atoms with Crippen molar-refractivity contribution in [1.29, 1.82) is 0 Å². The zero-order chi connectivity index (χ0) is 10.8. The monoisotopic (exact) mass is 212 g/mol. The van der Waals surface area contributed by atoms with Crippen LogP contribution in [0.1, 0.15) is 5.56 Å². The zero-order valence-electron chi connectivity index (χ0n) is 8.17. The Hall–Kier alpha value is -1.04. The smallest absolute Gasteiger partial charge is 0.141 e. The summed E-state index contributed by atoms with van der Waals surface area (Å²) >= 11 is 0. The summed E-state index contributed by atoms with van der Waals surface area (Å²) in [6.07, 6.45) is 1.33. The zero-order valence-corrected chi connectivity index (χ0v) is 8.17. The molecule has 1 aliphatic rings. The summed E-state index contributed by atoms with van der Waals surface area (Å²) < 4.78 is 12.8. The maximum atomic E-state index is 12.8. The number of aliphatic hydroxyl groups is 2. The van der Waals surface area contributed by atoms with E-state index >= 15 is 0 Å². The van der Waals surface area contributed by atoms with E-state index in [2.05, 4.69) is 4.98 Å². The predicted octanol–water partition coefficient (Wildman–Crippen LogP) is -0.242. The first kappa shape index (κ1) is 10.5. The molecule has 0 spiro atoms. The Balaban J connectivity index is 1.98. The minimum Gasteiger partial charge on any atom is -0.389 e. The van der Waals surface area contributed by atoms with Crippen LogP contribution in [0.5, 0.6) is 0 Å². The highest BCUT2D eigenvalue weighted by atomic mass is 19.1. The summed E-state index contributed by atoms with van der Waals surface area (Å²) in [5, 5.41) is 18.6. The molecule has 0 aliphatic carbocycles. The molecule has 2 heterocycles. The fraction of sp³-hybridized carbons (Fsp3) is 0.500. The number of pyridine rings is 1. The molecule has 1 aromatic rings. The number of nitrogens with zero attached hydrogens (tertiary/aromatic N) is 2. The molecule has 1 saturated heterocycles. The van der Waals surface area contributed by atoms with Crippen LogP contribution in [-0.2, 0) is 6.54 Å². The largest absolute Gasteiger partial charge is 0.389 e. The molecule has 1 aliphatic heterocycles. The quantitative estimate of drug-likeness (QED) is 0.710. The Morgan fingerprint density at radius 1 is 1.33 bits per heavy atom. The molecule has 2 N–H and O–H groups in total. The van der Waals surface area contributed by atoms with Gasteiger partial charge in [-0.15, -0.1) is 0 Å². The molecule has 1 fully saturated rings. The van der Waals surface area contributed by atoms with Crippen LogP contribution in [-0.4, -0.2) is 45.4 Å².